The van der Waals surface area contributed by atoms with Crippen LogP contribution in [0.15, 0.2) is 109 Å². The molecule has 6 fully saturated rings. The molecule has 4 aliphatic heterocycles. The highest BCUT2D eigenvalue weighted by Crippen LogP contribution is 2.40. The van der Waals surface area contributed by atoms with E-state index in [0.29, 0.717) is 96.3 Å². The Morgan fingerprint density at radius 1 is 0.389 bits per heavy atom. The minimum Gasteiger partial charge on any atom is -0.391 e. The van der Waals surface area contributed by atoms with Gasteiger partial charge in [-0.25, -0.2) is 0 Å². The first-order valence-electron chi connectivity index (χ1n) is 44.6. The van der Waals surface area contributed by atoms with E-state index in [1.807, 2.05) is 48.5 Å². The lowest BCUT2D eigenvalue weighted by Gasteiger charge is -2.49. The largest absolute Gasteiger partial charge is 0.391 e. The van der Waals surface area contributed by atoms with Crippen LogP contribution in [0.3, 0.4) is 0 Å². The van der Waals surface area contributed by atoms with Crippen LogP contribution in [0.25, 0.3) is 0 Å². The van der Waals surface area contributed by atoms with E-state index in [1.165, 1.54) is 114 Å². The third-order valence-electron chi connectivity index (χ3n) is 23.4. The molecule has 4 saturated heterocycles. The van der Waals surface area contributed by atoms with Crippen molar-refractivity contribution in [3.63, 3.8) is 0 Å². The van der Waals surface area contributed by atoms with Crippen LogP contribution in [-0.4, -0.2) is 171 Å². The number of aliphatic hydroxyl groups is 4. The number of nitrogens with one attached hydrogen (secondary N) is 8. The fourth-order valence-corrected chi connectivity index (χ4v) is 18.3. The van der Waals surface area contributed by atoms with Gasteiger partial charge >= 0.3 is 0 Å². The van der Waals surface area contributed by atoms with Crippen LogP contribution in [0.1, 0.15) is 324 Å². The molecule has 16 heteroatoms. The van der Waals surface area contributed by atoms with Crippen molar-refractivity contribution in [2.75, 3.05) is 26.4 Å². The number of carbonyl (C=O) groups excluding carboxylic acids is 1. The van der Waals surface area contributed by atoms with Gasteiger partial charge in [0.1, 0.15) is 0 Å². The number of ketones is 1. The van der Waals surface area contributed by atoms with E-state index in [1.54, 1.807) is 0 Å². The molecular formula is C97H165N9O7. The van der Waals surface area contributed by atoms with Crippen molar-refractivity contribution in [3.05, 3.63) is 154 Å². The molecule has 0 spiro atoms. The molecular weight excluding hydrogens is 1400 g/mol. The first-order valence-corrected chi connectivity index (χ1v) is 44.6. The normalized spacial score (nSPS) is 25.5. The number of hydrogen-bond donors (Lipinski definition) is 12. The molecule has 10 atom stereocenters. The van der Waals surface area contributed by atoms with E-state index in [2.05, 4.69) is 262 Å². The van der Waals surface area contributed by atoms with Gasteiger partial charge in [-0.2, -0.15) is 0 Å². The highest BCUT2D eigenvalue weighted by Gasteiger charge is 2.42. The number of carbonyl (C=O) groups is 1. The quantitative estimate of drug-likeness (QED) is 0.0371. The number of nitrogens with zero attached hydrogens (tertiary/aromatic N) is 1. The van der Waals surface area contributed by atoms with Gasteiger partial charge in [-0.05, 0) is 182 Å². The van der Waals surface area contributed by atoms with E-state index in [9.17, 15) is 25.2 Å². The van der Waals surface area contributed by atoms with Gasteiger partial charge in [0.05, 0.1) is 54.1 Å². The predicted molar refractivity (Wildman–Crippen MR) is 474 cm³/mol. The van der Waals surface area contributed by atoms with Crippen LogP contribution >= 0.6 is 0 Å². The summed E-state index contributed by atoms with van der Waals surface area (Å²) in [5, 5.41) is 67.3. The molecule has 113 heavy (non-hydrogen) atoms. The molecule has 14 rings (SSSR count). The predicted octanol–water partition coefficient (Wildman–Crippen LogP) is 16.7. The lowest BCUT2D eigenvalue weighted by molar-refractivity contribution is -0.130. The minimum atomic E-state index is -0.323. The highest BCUT2D eigenvalue weighted by molar-refractivity contribution is 5.88. The fourth-order valence-electron chi connectivity index (χ4n) is 18.3. The Hall–Kier alpha value is -4.31. The molecule has 4 heterocycles. The fraction of sp³-hybridized carbons (Fsp3) is 0.722. The molecule has 4 aromatic rings. The first kappa shape index (κ1) is 97.5. The summed E-state index contributed by atoms with van der Waals surface area (Å²) in [7, 11) is 0. The van der Waals surface area contributed by atoms with Gasteiger partial charge in [0.2, 0.25) is 0 Å². The maximum absolute atomic E-state index is 12.3. The second-order valence-corrected chi connectivity index (χ2v) is 38.6. The van der Waals surface area contributed by atoms with Gasteiger partial charge in [0.25, 0.3) is 0 Å². The van der Waals surface area contributed by atoms with Gasteiger partial charge < -0.3 is 72.4 Å². The van der Waals surface area contributed by atoms with Crippen molar-refractivity contribution in [2.45, 2.75) is 418 Å². The molecule has 2 unspecified atom stereocenters. The van der Waals surface area contributed by atoms with Crippen LogP contribution in [0.5, 0.6) is 0 Å². The van der Waals surface area contributed by atoms with E-state index in [0.717, 1.165) is 82.7 Å². The number of Topliss-reactive ketones (excluding diaryl/α,β-unsaturated/α-hetero) is 1. The van der Waals surface area contributed by atoms with Gasteiger partial charge in [-0.3, -0.25) is 9.69 Å². The third kappa shape index (κ3) is 32.4. The SMILES string of the molecule is C=C1CC2CCCC(C1)N2C(C)C.CC(C)CC(=O)C1(NC(C)C)CCOCC1.CC(C)NC1(C)CC1.CC(C)NC1(C)CCC1.CC(C)NC1(C)CCOCC1.CC(C)N[C@@H]1c2ccccc2C[C@@H]1O.CC(C)N[C@@H]1c2ccccc2C[C@H]1O.CC(C)N[C@H]1c2ccccc2C[C@@H]1O.CC(C)N[C@H]1c2ccccc2C[C@H]1O. The molecule has 0 radical (unpaired) electrons. The zero-order valence-electron chi connectivity index (χ0n) is 75.2. The van der Waals surface area contributed by atoms with Crippen molar-refractivity contribution in [1.82, 2.24) is 47.4 Å². The van der Waals surface area contributed by atoms with E-state index in [4.69, 9.17) is 9.47 Å². The first-order chi connectivity index (χ1) is 53.2. The van der Waals surface area contributed by atoms with E-state index < -0.39 is 0 Å². The van der Waals surface area contributed by atoms with Crippen molar-refractivity contribution in [2.24, 2.45) is 5.92 Å². The summed E-state index contributed by atoms with van der Waals surface area (Å²) >= 11 is 0. The van der Waals surface area contributed by atoms with Crippen molar-refractivity contribution < 1.29 is 34.7 Å². The average molecular weight is 1570 g/mol. The molecule has 640 valence electrons. The second-order valence-electron chi connectivity index (χ2n) is 38.6. The molecule has 0 amide bonds. The summed E-state index contributed by atoms with van der Waals surface area (Å²) in [5.74, 6) is 0.792. The molecule has 16 nitrogen and oxygen atoms in total. The standard InChI is InChI=1S/C13H25NO2.4C12H17NO.C12H21N.C9H19NO.C8H17N.C7H15N/c1-10(2)9-12(15)13(14-11(3)4)5-7-16-8-6-13;4*1-8(2)13-12-10-6-4-3-5-9(10)7-11(12)14;1-9(2)13-11-5-4-6-12(13)8-10(3)7-11;1-8(2)10-9(3)4-6-11-7-5-9;1-7(2)9-8(3)5-4-6-8;1-6(2)8-7(3)4-5-7/h10-11,14H,5-9H2,1-4H3;4*3-6,8,11-14H,7H2,1-2H3;9,11-12H,3-8H2,1-2H3;8,10H,4-7H2,1-3H3;7,9H,4-6H2,1-3H3;6,8H,4-5H2,1-3H3/t;2*11-,12+;2*11-,12-;;;;/m.1010..../s1. The number of fused-ring (bicyclic) bond motifs is 6. The van der Waals surface area contributed by atoms with Gasteiger partial charge in [0, 0.05) is 142 Å². The zero-order valence-corrected chi connectivity index (χ0v) is 75.2. The summed E-state index contributed by atoms with van der Waals surface area (Å²) < 4.78 is 10.7. The Morgan fingerprint density at radius 3 is 0.929 bits per heavy atom. The van der Waals surface area contributed by atoms with Crippen LogP contribution in [-0.2, 0) is 40.0 Å². The molecule has 10 aliphatic rings. The third-order valence-corrected chi connectivity index (χ3v) is 23.4. The van der Waals surface area contributed by atoms with Crippen LogP contribution in [0.4, 0.5) is 0 Å². The monoisotopic (exact) mass is 1570 g/mol. The maximum atomic E-state index is 12.3. The van der Waals surface area contributed by atoms with Gasteiger partial charge in [0.15, 0.2) is 5.78 Å². The Kier molecular flexibility index (Phi) is 40.5. The lowest BCUT2D eigenvalue weighted by Crippen LogP contribution is -2.57. The Bertz CT molecular complexity index is 3090. The van der Waals surface area contributed by atoms with Crippen molar-refractivity contribution >= 4 is 5.78 Å². The second kappa shape index (κ2) is 46.9. The Labute approximate surface area is 688 Å². The molecule has 2 bridgehead atoms. The molecule has 2 saturated carbocycles. The Morgan fingerprint density at radius 2 is 0.673 bits per heavy atom. The smallest absolute Gasteiger partial charge is 0.153 e. The molecule has 4 aromatic carbocycles. The number of benzene rings is 4. The van der Waals surface area contributed by atoms with Gasteiger partial charge in [-0.1, -0.05) is 226 Å². The summed E-state index contributed by atoms with van der Waals surface area (Å²) in [5.41, 5.74) is 12.6. The minimum absolute atomic E-state index is 0.117. The summed E-state index contributed by atoms with van der Waals surface area (Å²) in [6.07, 6.45) is 20.2. The van der Waals surface area contributed by atoms with E-state index >= 15 is 0 Å². The zero-order chi connectivity index (χ0) is 83.5. The maximum Gasteiger partial charge on any atom is 0.153 e. The molecule has 0 aromatic heterocycles. The number of piperidine rings is 2. The van der Waals surface area contributed by atoms with Crippen LogP contribution in [0.2, 0.25) is 0 Å². The average Bonchev–Trinajstić information content (AvgIpc) is 1.47. The molecule has 12 N–H and O–H groups in total. The number of hydrogen-bond acceptors (Lipinski definition) is 16. The topological polar surface area (TPSA) is 216 Å². The summed E-state index contributed by atoms with van der Waals surface area (Å²) in [6, 6.07) is 39.7. The highest BCUT2D eigenvalue weighted by atomic mass is 16.5. The van der Waals surface area contributed by atoms with Crippen LogP contribution in [0, 0.1) is 5.92 Å². The van der Waals surface area contributed by atoms with Crippen molar-refractivity contribution in [3.8, 4) is 0 Å². The lowest BCUT2D eigenvalue weighted by atomic mass is 9.78. The number of ether oxygens (including phenoxy) is 2. The summed E-state index contributed by atoms with van der Waals surface area (Å²) in [6.45, 7) is 57.4. The van der Waals surface area contributed by atoms with Crippen LogP contribution < -0.4 is 42.5 Å². The summed E-state index contributed by atoms with van der Waals surface area (Å²) in [4.78, 5) is 15.1. The van der Waals surface area contributed by atoms with Gasteiger partial charge in [-0.15, -0.1) is 0 Å². The van der Waals surface area contributed by atoms with E-state index in [-0.39, 0.29) is 54.1 Å². The number of aliphatic hydroxyl groups excluding tert-OH is 4. The number of rotatable bonds is 20. The molecule has 6 aliphatic carbocycles. The van der Waals surface area contributed by atoms with Crippen molar-refractivity contribution in [1.29, 1.82) is 0 Å². The Balaban J connectivity index is 0.000000199.